The maximum Gasteiger partial charge on any atom is 0.265 e. The second kappa shape index (κ2) is 11.9. The van der Waals surface area contributed by atoms with E-state index in [2.05, 4.69) is 21.3 Å². The number of piperidine rings is 1. The Balaban J connectivity index is 1.32. The summed E-state index contributed by atoms with van der Waals surface area (Å²) in [4.78, 5) is 62.2. The summed E-state index contributed by atoms with van der Waals surface area (Å²) >= 11 is 1.32. The predicted molar refractivity (Wildman–Crippen MR) is 121 cm³/mol. The monoisotopic (exact) mass is 478 g/mol. The largest absolute Gasteiger partial charge is 0.355 e. The molecule has 1 fully saturated rings. The first-order valence-electron chi connectivity index (χ1n) is 11.1. The molecule has 1 atom stereocenters. The summed E-state index contributed by atoms with van der Waals surface area (Å²) in [6, 6.07) is 1.27. The van der Waals surface area contributed by atoms with Crippen LogP contribution in [0.15, 0.2) is 6.07 Å². The van der Waals surface area contributed by atoms with E-state index in [4.69, 9.17) is 5.73 Å². The topological polar surface area (TPSA) is 163 Å². The Hall–Kier alpha value is -2.83. The fourth-order valence-electron chi connectivity index (χ4n) is 3.79. The van der Waals surface area contributed by atoms with Crippen LogP contribution in [0, 0.1) is 0 Å². The number of unbranched alkanes of at least 4 members (excludes halogenated alkanes) is 2. The van der Waals surface area contributed by atoms with Crippen molar-refractivity contribution in [1.82, 2.24) is 26.2 Å². The van der Waals surface area contributed by atoms with Gasteiger partial charge in [-0.1, -0.05) is 6.42 Å². The third-order valence-corrected chi connectivity index (χ3v) is 6.69. The Bertz CT molecular complexity index is 917. The number of hydrogen-bond donors (Lipinski definition) is 5. The highest BCUT2D eigenvalue weighted by molar-refractivity contribution is 7.14. The van der Waals surface area contributed by atoms with Crippen molar-refractivity contribution in [1.29, 1.82) is 0 Å². The highest BCUT2D eigenvalue weighted by atomic mass is 32.1. The first kappa shape index (κ1) is 24.8. The zero-order valence-electron chi connectivity index (χ0n) is 18.4. The normalized spacial score (nSPS) is 17.7. The van der Waals surface area contributed by atoms with Gasteiger partial charge in [-0.3, -0.25) is 29.3 Å². The third kappa shape index (κ3) is 6.83. The molecule has 11 nitrogen and oxygen atoms in total. The van der Waals surface area contributed by atoms with Crippen LogP contribution in [-0.2, 0) is 32.3 Å². The van der Waals surface area contributed by atoms with Gasteiger partial charge in [0.1, 0.15) is 6.04 Å². The lowest BCUT2D eigenvalue weighted by Crippen LogP contribution is -2.52. The second-order valence-electron chi connectivity index (χ2n) is 8.04. The van der Waals surface area contributed by atoms with Gasteiger partial charge in [-0.2, -0.15) is 0 Å². The lowest BCUT2D eigenvalue weighted by atomic mass is 10.0. The van der Waals surface area contributed by atoms with Crippen LogP contribution in [0.3, 0.4) is 0 Å². The van der Waals surface area contributed by atoms with Crippen molar-refractivity contribution in [2.45, 2.75) is 51.2 Å². The fourth-order valence-corrected chi connectivity index (χ4v) is 4.86. The van der Waals surface area contributed by atoms with Gasteiger partial charge in [0.2, 0.25) is 23.6 Å². The Labute approximate surface area is 195 Å². The lowest BCUT2D eigenvalue weighted by molar-refractivity contribution is -0.137. The maximum absolute atomic E-state index is 12.7. The van der Waals surface area contributed by atoms with Crippen LogP contribution in [0.4, 0.5) is 0 Å². The summed E-state index contributed by atoms with van der Waals surface area (Å²) < 4.78 is 0. The van der Waals surface area contributed by atoms with E-state index in [1.807, 2.05) is 6.07 Å². The Morgan fingerprint density at radius 1 is 1.12 bits per heavy atom. The van der Waals surface area contributed by atoms with E-state index >= 15 is 0 Å². The molecule has 180 valence electrons. The number of amides is 5. The molecule has 5 amide bonds. The van der Waals surface area contributed by atoms with Crippen molar-refractivity contribution in [2.24, 2.45) is 5.73 Å². The molecule has 0 aliphatic carbocycles. The van der Waals surface area contributed by atoms with Crippen molar-refractivity contribution in [3.63, 3.8) is 0 Å². The van der Waals surface area contributed by atoms with Crippen LogP contribution in [0.25, 0.3) is 0 Å². The maximum atomic E-state index is 12.7. The summed E-state index contributed by atoms with van der Waals surface area (Å²) in [7, 11) is 0. The molecular weight excluding hydrogens is 448 g/mol. The zero-order chi connectivity index (χ0) is 23.8. The molecule has 2 aliphatic heterocycles. The molecule has 3 rings (SSSR count). The molecule has 6 N–H and O–H groups in total. The number of fused-ring (bicyclic) bond motifs is 1. The molecular formula is C21H30N6O5S. The minimum absolute atomic E-state index is 0.00186. The number of nitrogens with zero attached hydrogens (tertiary/aromatic N) is 1. The summed E-state index contributed by atoms with van der Waals surface area (Å²) in [5.41, 5.74) is 6.06. The smallest absolute Gasteiger partial charge is 0.265 e. The first-order chi connectivity index (χ1) is 15.9. The number of carbonyl (C=O) groups is 5. The van der Waals surface area contributed by atoms with Gasteiger partial charge in [-0.15, -0.1) is 11.3 Å². The third-order valence-electron chi connectivity index (χ3n) is 5.53. The van der Waals surface area contributed by atoms with E-state index in [9.17, 15) is 24.0 Å². The van der Waals surface area contributed by atoms with E-state index in [1.165, 1.54) is 16.2 Å². The molecule has 0 bridgehead atoms. The number of rotatable bonds is 12. The minimum Gasteiger partial charge on any atom is -0.355 e. The molecule has 1 saturated heterocycles. The molecule has 0 spiro atoms. The average Bonchev–Trinajstić information content (AvgIpc) is 3.32. The number of carbonyl (C=O) groups excluding carboxylic acids is 5. The quantitative estimate of drug-likeness (QED) is 0.189. The average molecular weight is 479 g/mol. The molecule has 0 aromatic carbocycles. The molecule has 1 unspecified atom stereocenters. The summed E-state index contributed by atoms with van der Waals surface area (Å²) in [6.07, 6.45) is 3.26. The van der Waals surface area contributed by atoms with Crippen LogP contribution in [0.1, 0.15) is 52.2 Å². The fraction of sp³-hybridized carbons (Fsp3) is 0.571. The Kier molecular flexibility index (Phi) is 8.92. The second-order valence-corrected chi connectivity index (χ2v) is 9.17. The van der Waals surface area contributed by atoms with Gasteiger partial charge >= 0.3 is 0 Å². The van der Waals surface area contributed by atoms with Crippen molar-refractivity contribution >= 4 is 40.9 Å². The number of hydrogen-bond acceptors (Lipinski definition) is 8. The lowest BCUT2D eigenvalue weighted by Gasteiger charge is -2.29. The molecule has 33 heavy (non-hydrogen) atoms. The molecule has 2 aliphatic rings. The van der Waals surface area contributed by atoms with Gasteiger partial charge in [0.15, 0.2) is 0 Å². The van der Waals surface area contributed by atoms with Gasteiger partial charge < -0.3 is 26.6 Å². The molecule has 1 aromatic heterocycles. The highest BCUT2D eigenvalue weighted by Crippen LogP contribution is 2.33. The van der Waals surface area contributed by atoms with E-state index < -0.39 is 11.9 Å². The van der Waals surface area contributed by atoms with Crippen LogP contribution < -0.4 is 27.0 Å². The van der Waals surface area contributed by atoms with E-state index in [0.29, 0.717) is 37.5 Å². The van der Waals surface area contributed by atoms with E-state index in [-0.39, 0.29) is 43.1 Å². The van der Waals surface area contributed by atoms with Crippen LogP contribution in [0.2, 0.25) is 0 Å². The van der Waals surface area contributed by atoms with Crippen molar-refractivity contribution in [3.8, 4) is 0 Å². The van der Waals surface area contributed by atoms with Crippen molar-refractivity contribution in [3.05, 3.63) is 21.4 Å². The van der Waals surface area contributed by atoms with Crippen molar-refractivity contribution in [2.75, 3.05) is 26.2 Å². The van der Waals surface area contributed by atoms with Crippen LogP contribution in [-0.4, -0.2) is 66.7 Å². The summed E-state index contributed by atoms with van der Waals surface area (Å²) in [5, 5.41) is 10.9. The molecule has 1 aromatic rings. The molecule has 3 heterocycles. The van der Waals surface area contributed by atoms with Gasteiger partial charge in [-0.25, -0.2) is 0 Å². The summed E-state index contributed by atoms with van der Waals surface area (Å²) in [5.74, 6) is -1.22. The number of thiophene rings is 1. The van der Waals surface area contributed by atoms with Gasteiger partial charge in [0.25, 0.3) is 5.91 Å². The Morgan fingerprint density at radius 2 is 1.91 bits per heavy atom. The van der Waals surface area contributed by atoms with E-state index in [0.717, 1.165) is 29.7 Å². The first-order valence-corrected chi connectivity index (χ1v) is 11.9. The standard InChI is InChI=1S/C21H30N6O5S/c22-9-17(29)24-7-3-1-2-6-23-11-18(30)25-10-14-8-13-12-27(21(32)19(13)33-14)15-4-5-16(28)26-20(15)31/h8,15,23H,1-7,9-12,22H2,(H,24,29)(H,25,30)(H,26,28,31). The molecule has 0 radical (unpaired) electrons. The van der Waals surface area contributed by atoms with Crippen molar-refractivity contribution < 1.29 is 24.0 Å². The number of imide groups is 1. The zero-order valence-corrected chi connectivity index (χ0v) is 19.2. The van der Waals surface area contributed by atoms with Gasteiger partial charge in [0.05, 0.1) is 24.5 Å². The molecule has 0 saturated carbocycles. The van der Waals surface area contributed by atoms with Gasteiger partial charge in [0, 0.05) is 24.4 Å². The summed E-state index contributed by atoms with van der Waals surface area (Å²) in [6.45, 7) is 2.19. The van der Waals surface area contributed by atoms with E-state index in [1.54, 1.807) is 0 Å². The van der Waals surface area contributed by atoms with Crippen LogP contribution >= 0.6 is 11.3 Å². The number of nitrogens with two attached hydrogens (primary N) is 1. The SMILES string of the molecule is NCC(=O)NCCCCCNCC(=O)NCc1cc2c(s1)C(=O)N(C1CCC(=O)NC1=O)C2. The number of nitrogens with one attached hydrogen (secondary N) is 4. The molecule has 12 heteroatoms. The predicted octanol–water partition coefficient (Wildman–Crippen LogP) is -1.04. The van der Waals surface area contributed by atoms with Crippen LogP contribution in [0.5, 0.6) is 0 Å². The Morgan fingerprint density at radius 3 is 2.64 bits per heavy atom. The highest BCUT2D eigenvalue weighted by Gasteiger charge is 2.40. The van der Waals surface area contributed by atoms with Gasteiger partial charge in [-0.05, 0) is 37.4 Å². The minimum atomic E-state index is -0.617.